The van der Waals surface area contributed by atoms with Crippen molar-refractivity contribution in [3.8, 4) is 11.1 Å². The number of nitrogens with one attached hydrogen (secondary N) is 3. The van der Waals surface area contributed by atoms with Crippen LogP contribution < -0.4 is 16.0 Å². The van der Waals surface area contributed by atoms with Crippen LogP contribution in [0.5, 0.6) is 0 Å². The Morgan fingerprint density at radius 3 is 2.65 bits per heavy atom. The first-order chi connectivity index (χ1) is 16.1. The Labute approximate surface area is 194 Å². The van der Waals surface area contributed by atoms with Gasteiger partial charge in [-0.1, -0.05) is 0 Å². The van der Waals surface area contributed by atoms with Crippen molar-refractivity contribution in [2.75, 3.05) is 30.3 Å². The highest BCUT2D eigenvalue weighted by molar-refractivity contribution is 5.92. The number of fused-ring (bicyclic) bond motifs is 1. The topological polar surface area (TPSA) is 99.2 Å². The van der Waals surface area contributed by atoms with Gasteiger partial charge in [0.1, 0.15) is 11.6 Å². The average Bonchev–Trinajstić information content (AvgIpc) is 2.76. The van der Waals surface area contributed by atoms with E-state index in [1.807, 2.05) is 13.0 Å². The van der Waals surface area contributed by atoms with Crippen LogP contribution in [0.25, 0.3) is 22.0 Å². The molecule has 3 aromatic rings. The number of aromatic nitrogens is 2. The fraction of sp³-hybridized carbons (Fsp3) is 0.375. The first kappa shape index (κ1) is 23.7. The zero-order chi connectivity index (χ0) is 24.5. The SMILES string of the molecule is Cc1cc(F)c(NC(=O)NCC2CC(F)(F)C2)cc1-c1cc2cnc(NCCO)cc2nc1C. The van der Waals surface area contributed by atoms with Crippen LogP contribution in [0.4, 0.5) is 29.5 Å². The standard InChI is InChI=1S/C24H26F3N5O2/c1-13-5-19(25)21(32-23(34)30-11-15-9-24(26,27)10-15)7-17(13)18-6-16-12-29-22(28-3-4-33)8-20(16)31-14(18)2/h5-8,12,15,33H,3-4,9-11H2,1-2H3,(H,28,29)(H2,30,32,34). The van der Waals surface area contributed by atoms with Crippen molar-refractivity contribution in [2.24, 2.45) is 5.92 Å². The number of anilines is 2. The van der Waals surface area contributed by atoms with Crippen molar-refractivity contribution < 1.29 is 23.1 Å². The first-order valence-electron chi connectivity index (χ1n) is 11.0. The highest BCUT2D eigenvalue weighted by Gasteiger charge is 2.45. The minimum Gasteiger partial charge on any atom is -0.395 e. The largest absolute Gasteiger partial charge is 0.395 e. The lowest BCUT2D eigenvalue weighted by atomic mass is 9.81. The number of pyridine rings is 2. The van der Waals surface area contributed by atoms with E-state index in [1.165, 1.54) is 6.07 Å². The Hall–Kier alpha value is -3.40. The van der Waals surface area contributed by atoms with Gasteiger partial charge in [-0.15, -0.1) is 0 Å². The second kappa shape index (κ2) is 9.46. The fourth-order valence-corrected chi connectivity index (χ4v) is 4.11. The Morgan fingerprint density at radius 1 is 1.18 bits per heavy atom. The summed E-state index contributed by atoms with van der Waals surface area (Å²) in [5, 5.41) is 17.8. The van der Waals surface area contributed by atoms with Crippen LogP contribution in [0.3, 0.4) is 0 Å². The van der Waals surface area contributed by atoms with Gasteiger partial charge in [0.05, 0.1) is 17.8 Å². The van der Waals surface area contributed by atoms with Gasteiger partial charge in [-0.3, -0.25) is 4.98 Å². The molecule has 0 bridgehead atoms. The molecule has 7 nitrogen and oxygen atoms in total. The maximum atomic E-state index is 14.6. The van der Waals surface area contributed by atoms with E-state index in [0.717, 1.165) is 16.5 Å². The second-order valence-electron chi connectivity index (χ2n) is 8.65. The lowest BCUT2D eigenvalue weighted by molar-refractivity contribution is -0.108. The molecule has 1 fully saturated rings. The molecular formula is C24H26F3N5O2. The summed E-state index contributed by atoms with van der Waals surface area (Å²) in [7, 11) is 0. The quantitative estimate of drug-likeness (QED) is 0.401. The number of aliphatic hydroxyl groups is 1. The zero-order valence-corrected chi connectivity index (χ0v) is 18.9. The van der Waals surface area contributed by atoms with Crippen molar-refractivity contribution >= 4 is 28.4 Å². The molecule has 0 saturated heterocycles. The molecule has 10 heteroatoms. The van der Waals surface area contributed by atoms with Crippen LogP contribution in [0.2, 0.25) is 0 Å². The normalized spacial score (nSPS) is 15.1. The maximum Gasteiger partial charge on any atom is 0.319 e. The number of hydrogen-bond acceptors (Lipinski definition) is 5. The summed E-state index contributed by atoms with van der Waals surface area (Å²) in [6, 6.07) is 5.92. The Balaban J connectivity index is 1.55. The third-order valence-electron chi connectivity index (χ3n) is 5.89. The third-order valence-corrected chi connectivity index (χ3v) is 5.89. The summed E-state index contributed by atoms with van der Waals surface area (Å²) in [6.45, 7) is 4.08. The molecular weight excluding hydrogens is 447 g/mol. The number of benzene rings is 1. The van der Waals surface area contributed by atoms with Gasteiger partial charge in [0.25, 0.3) is 0 Å². The van der Waals surface area contributed by atoms with Crippen molar-refractivity contribution in [3.63, 3.8) is 0 Å². The lowest BCUT2D eigenvalue weighted by Crippen LogP contribution is -2.43. The molecule has 1 aliphatic carbocycles. The Morgan fingerprint density at radius 2 is 1.94 bits per heavy atom. The number of urea groups is 1. The van der Waals surface area contributed by atoms with Gasteiger partial charge in [-0.25, -0.2) is 22.9 Å². The lowest BCUT2D eigenvalue weighted by Gasteiger charge is -2.34. The summed E-state index contributed by atoms with van der Waals surface area (Å²) in [5.74, 6) is -2.93. The van der Waals surface area contributed by atoms with Crippen LogP contribution in [-0.2, 0) is 0 Å². The van der Waals surface area contributed by atoms with Crippen LogP contribution in [0.15, 0.2) is 30.5 Å². The first-order valence-corrected chi connectivity index (χ1v) is 11.0. The number of nitrogens with zero attached hydrogens (tertiary/aromatic N) is 2. The van der Waals surface area contributed by atoms with Crippen LogP contribution >= 0.6 is 0 Å². The van der Waals surface area contributed by atoms with Gasteiger partial charge < -0.3 is 21.1 Å². The number of hydrogen-bond donors (Lipinski definition) is 4. The predicted octanol–water partition coefficient (Wildman–Crippen LogP) is 4.62. The highest BCUT2D eigenvalue weighted by atomic mass is 19.3. The number of rotatable bonds is 7. The van der Waals surface area contributed by atoms with Crippen LogP contribution in [0.1, 0.15) is 24.1 Å². The summed E-state index contributed by atoms with van der Waals surface area (Å²) in [4.78, 5) is 21.2. The monoisotopic (exact) mass is 473 g/mol. The molecule has 2 aromatic heterocycles. The highest BCUT2D eigenvalue weighted by Crippen LogP contribution is 2.41. The fourth-order valence-electron chi connectivity index (χ4n) is 4.11. The van der Waals surface area contributed by atoms with E-state index in [4.69, 9.17) is 5.11 Å². The number of carbonyl (C=O) groups is 1. The Kier molecular flexibility index (Phi) is 6.60. The number of amides is 2. The van der Waals surface area contributed by atoms with Gasteiger partial charge in [0.15, 0.2) is 0 Å². The predicted molar refractivity (Wildman–Crippen MR) is 125 cm³/mol. The molecule has 0 radical (unpaired) electrons. The van der Waals surface area contributed by atoms with Gasteiger partial charge in [-0.05, 0) is 49.1 Å². The number of halogens is 3. The molecule has 0 spiro atoms. The molecule has 34 heavy (non-hydrogen) atoms. The molecule has 4 N–H and O–H groups in total. The number of aliphatic hydroxyl groups excluding tert-OH is 1. The number of carbonyl (C=O) groups excluding carboxylic acids is 1. The van der Waals surface area contributed by atoms with E-state index in [1.54, 1.807) is 25.3 Å². The van der Waals surface area contributed by atoms with Crippen molar-refractivity contribution in [2.45, 2.75) is 32.6 Å². The van der Waals surface area contributed by atoms with Crippen LogP contribution in [-0.4, -0.2) is 46.7 Å². The molecule has 1 aliphatic rings. The second-order valence-corrected chi connectivity index (χ2v) is 8.65. The molecule has 2 amide bonds. The summed E-state index contributed by atoms with van der Waals surface area (Å²) >= 11 is 0. The molecule has 0 atom stereocenters. The van der Waals surface area contributed by atoms with Gasteiger partial charge in [0, 0.05) is 54.8 Å². The minimum absolute atomic E-state index is 0.0140. The molecule has 1 aromatic carbocycles. The van der Waals surface area contributed by atoms with E-state index in [2.05, 4.69) is 25.9 Å². The maximum absolute atomic E-state index is 14.6. The van der Waals surface area contributed by atoms with E-state index in [9.17, 15) is 18.0 Å². The number of aryl methyl sites for hydroxylation is 2. The van der Waals surface area contributed by atoms with Crippen molar-refractivity contribution in [1.82, 2.24) is 15.3 Å². The molecule has 180 valence electrons. The smallest absolute Gasteiger partial charge is 0.319 e. The Bertz CT molecular complexity index is 1230. The average molecular weight is 473 g/mol. The van der Waals surface area contributed by atoms with E-state index in [0.29, 0.717) is 29.2 Å². The van der Waals surface area contributed by atoms with E-state index < -0.39 is 17.8 Å². The van der Waals surface area contributed by atoms with Gasteiger partial charge in [-0.2, -0.15) is 0 Å². The van der Waals surface area contributed by atoms with Crippen LogP contribution in [0, 0.1) is 25.6 Å². The molecule has 2 heterocycles. The van der Waals surface area contributed by atoms with Gasteiger partial charge >= 0.3 is 6.03 Å². The summed E-state index contributed by atoms with van der Waals surface area (Å²) < 4.78 is 40.5. The van der Waals surface area contributed by atoms with E-state index in [-0.39, 0.29) is 37.6 Å². The molecule has 0 unspecified atom stereocenters. The number of alkyl halides is 2. The summed E-state index contributed by atoms with van der Waals surface area (Å²) in [5.41, 5.74) is 3.54. The van der Waals surface area contributed by atoms with Crippen molar-refractivity contribution in [3.05, 3.63) is 47.5 Å². The molecule has 0 aliphatic heterocycles. The third kappa shape index (κ3) is 5.22. The summed E-state index contributed by atoms with van der Waals surface area (Å²) in [6.07, 6.45) is 1.16. The van der Waals surface area contributed by atoms with Crippen molar-refractivity contribution in [1.29, 1.82) is 0 Å². The van der Waals surface area contributed by atoms with E-state index >= 15 is 0 Å². The molecule has 1 saturated carbocycles. The zero-order valence-electron chi connectivity index (χ0n) is 18.9. The minimum atomic E-state index is -2.65. The van der Waals surface area contributed by atoms with Gasteiger partial charge in [0.2, 0.25) is 5.92 Å². The molecule has 4 rings (SSSR count).